The van der Waals surface area contributed by atoms with E-state index in [0.29, 0.717) is 13.2 Å². The van der Waals surface area contributed by atoms with Gasteiger partial charge in [-0.05, 0) is 5.19 Å². The van der Waals surface area contributed by atoms with Crippen molar-refractivity contribution in [2.75, 3.05) is 13.2 Å². The summed E-state index contributed by atoms with van der Waals surface area (Å²) < 4.78 is 12.3. The molecular weight excluding hydrogens is 228 g/mol. The molecule has 0 spiro atoms. The SMILES string of the molecule is CC(C)(C)[Si]1(c2ccccc2)OCC=CCO1. The summed E-state index contributed by atoms with van der Waals surface area (Å²) in [5.74, 6) is 0. The molecule has 0 fully saturated rings. The van der Waals surface area contributed by atoms with Crippen LogP contribution in [0.5, 0.6) is 0 Å². The molecule has 1 aliphatic rings. The van der Waals surface area contributed by atoms with Gasteiger partial charge in [-0.2, -0.15) is 0 Å². The molecule has 1 aliphatic heterocycles. The van der Waals surface area contributed by atoms with Crippen molar-refractivity contribution < 1.29 is 8.85 Å². The van der Waals surface area contributed by atoms with Crippen LogP contribution in [-0.4, -0.2) is 21.8 Å². The van der Waals surface area contributed by atoms with Crippen molar-refractivity contribution in [2.24, 2.45) is 0 Å². The largest absolute Gasteiger partial charge is 0.387 e. The fraction of sp³-hybridized carbons (Fsp3) is 0.429. The van der Waals surface area contributed by atoms with E-state index in [2.05, 4.69) is 45.0 Å². The molecule has 1 aromatic rings. The summed E-state index contributed by atoms with van der Waals surface area (Å²) in [7, 11) is -2.37. The standard InChI is InChI=1S/C14H20O2Si/c1-14(2,3)17(13-9-5-4-6-10-13)15-11-7-8-12-16-17/h4-10H,11-12H2,1-3H3. The van der Waals surface area contributed by atoms with Crippen LogP contribution in [0.1, 0.15) is 20.8 Å². The van der Waals surface area contributed by atoms with Crippen LogP contribution in [-0.2, 0) is 8.85 Å². The van der Waals surface area contributed by atoms with E-state index in [9.17, 15) is 0 Å². The van der Waals surface area contributed by atoms with E-state index in [0.717, 1.165) is 0 Å². The highest BCUT2D eigenvalue weighted by Crippen LogP contribution is 2.38. The molecule has 0 saturated heterocycles. The zero-order chi connectivity index (χ0) is 12.4. The lowest BCUT2D eigenvalue weighted by Gasteiger charge is -2.39. The minimum atomic E-state index is -2.37. The van der Waals surface area contributed by atoms with E-state index in [1.165, 1.54) is 5.19 Å². The van der Waals surface area contributed by atoms with Gasteiger partial charge in [0.25, 0.3) is 0 Å². The van der Waals surface area contributed by atoms with Crippen molar-refractivity contribution in [1.82, 2.24) is 0 Å². The van der Waals surface area contributed by atoms with Gasteiger partial charge in [-0.3, -0.25) is 0 Å². The molecule has 1 heterocycles. The fourth-order valence-corrected chi connectivity index (χ4v) is 5.64. The molecule has 0 aliphatic carbocycles. The monoisotopic (exact) mass is 248 g/mol. The highest BCUT2D eigenvalue weighted by Gasteiger charge is 2.51. The van der Waals surface area contributed by atoms with Crippen molar-refractivity contribution >= 4 is 13.7 Å². The maximum atomic E-state index is 6.17. The Morgan fingerprint density at radius 1 is 0.941 bits per heavy atom. The summed E-state index contributed by atoms with van der Waals surface area (Å²) in [6.45, 7) is 7.92. The first-order valence-electron chi connectivity index (χ1n) is 6.05. The molecular formula is C14H20O2Si. The summed E-state index contributed by atoms with van der Waals surface area (Å²) in [5.41, 5.74) is 0. The minimum Gasteiger partial charge on any atom is -0.387 e. The molecule has 3 heteroatoms. The van der Waals surface area contributed by atoms with Crippen LogP contribution in [0.2, 0.25) is 5.04 Å². The summed E-state index contributed by atoms with van der Waals surface area (Å²) in [6.07, 6.45) is 4.09. The Kier molecular flexibility index (Phi) is 3.52. The van der Waals surface area contributed by atoms with Crippen molar-refractivity contribution in [1.29, 1.82) is 0 Å². The lowest BCUT2D eigenvalue weighted by molar-refractivity contribution is 0.200. The quantitative estimate of drug-likeness (QED) is 0.562. The highest BCUT2D eigenvalue weighted by molar-refractivity contribution is 6.83. The van der Waals surface area contributed by atoms with Gasteiger partial charge in [-0.15, -0.1) is 0 Å². The van der Waals surface area contributed by atoms with Crippen molar-refractivity contribution in [3.8, 4) is 0 Å². The van der Waals surface area contributed by atoms with Crippen molar-refractivity contribution in [2.45, 2.75) is 25.8 Å². The Hall–Kier alpha value is -0.903. The first-order chi connectivity index (χ1) is 8.06. The lowest BCUT2D eigenvalue weighted by atomic mass is 10.2. The van der Waals surface area contributed by atoms with Crippen LogP contribution in [0.15, 0.2) is 42.5 Å². The molecule has 0 aromatic heterocycles. The van der Waals surface area contributed by atoms with Gasteiger partial charge in [0.2, 0.25) is 0 Å². The summed E-state index contributed by atoms with van der Waals surface area (Å²) in [6, 6.07) is 10.4. The topological polar surface area (TPSA) is 18.5 Å². The number of benzene rings is 1. The van der Waals surface area contributed by atoms with E-state index in [4.69, 9.17) is 8.85 Å². The Morgan fingerprint density at radius 3 is 1.94 bits per heavy atom. The Balaban J connectivity index is 2.44. The second-order valence-corrected chi connectivity index (χ2v) is 9.21. The molecule has 0 unspecified atom stereocenters. The van der Waals surface area contributed by atoms with Gasteiger partial charge < -0.3 is 8.85 Å². The zero-order valence-electron chi connectivity index (χ0n) is 10.8. The highest BCUT2D eigenvalue weighted by atomic mass is 28.4. The molecule has 92 valence electrons. The molecule has 0 amide bonds. The van der Waals surface area contributed by atoms with Gasteiger partial charge in [0.05, 0.1) is 13.2 Å². The van der Waals surface area contributed by atoms with Gasteiger partial charge in [0, 0.05) is 5.04 Å². The van der Waals surface area contributed by atoms with Crippen molar-refractivity contribution in [3.05, 3.63) is 42.5 Å². The molecule has 1 aromatic carbocycles. The molecule has 0 N–H and O–H groups in total. The third kappa shape index (κ3) is 2.36. The minimum absolute atomic E-state index is 0.0143. The first kappa shape index (κ1) is 12.6. The summed E-state index contributed by atoms with van der Waals surface area (Å²) in [4.78, 5) is 0. The average Bonchev–Trinajstić information content (AvgIpc) is 2.55. The Labute approximate surface area is 105 Å². The molecule has 2 rings (SSSR count). The summed E-state index contributed by atoms with van der Waals surface area (Å²) in [5, 5.41) is 1.23. The van der Waals surface area contributed by atoms with Gasteiger partial charge in [0.1, 0.15) is 0 Å². The van der Waals surface area contributed by atoms with Crippen LogP contribution in [0.4, 0.5) is 0 Å². The van der Waals surface area contributed by atoms with Gasteiger partial charge >= 0.3 is 8.56 Å². The Morgan fingerprint density at radius 2 is 1.47 bits per heavy atom. The fourth-order valence-electron chi connectivity index (χ4n) is 2.20. The smallest absolute Gasteiger partial charge is 0.378 e. The number of hydrogen-bond donors (Lipinski definition) is 0. The normalized spacial score (nSPS) is 19.9. The zero-order valence-corrected chi connectivity index (χ0v) is 11.8. The molecule has 0 bridgehead atoms. The Bertz CT molecular complexity index is 382. The van der Waals surface area contributed by atoms with E-state index in [-0.39, 0.29) is 5.04 Å². The van der Waals surface area contributed by atoms with Gasteiger partial charge in [-0.1, -0.05) is 63.3 Å². The van der Waals surface area contributed by atoms with Crippen molar-refractivity contribution in [3.63, 3.8) is 0 Å². The summed E-state index contributed by atoms with van der Waals surface area (Å²) >= 11 is 0. The molecule has 0 atom stereocenters. The second kappa shape index (κ2) is 4.76. The first-order valence-corrected chi connectivity index (χ1v) is 7.86. The van der Waals surface area contributed by atoms with E-state index in [1.54, 1.807) is 0 Å². The predicted molar refractivity (Wildman–Crippen MR) is 72.6 cm³/mol. The molecule has 0 saturated carbocycles. The third-order valence-electron chi connectivity index (χ3n) is 3.07. The third-order valence-corrected chi connectivity index (χ3v) is 7.29. The van der Waals surface area contributed by atoms with Gasteiger partial charge in [0.15, 0.2) is 0 Å². The number of rotatable bonds is 1. The molecule has 0 radical (unpaired) electrons. The van der Waals surface area contributed by atoms with E-state index in [1.807, 2.05) is 18.2 Å². The van der Waals surface area contributed by atoms with E-state index >= 15 is 0 Å². The average molecular weight is 248 g/mol. The van der Waals surface area contributed by atoms with Crippen LogP contribution in [0.3, 0.4) is 0 Å². The lowest BCUT2D eigenvalue weighted by Crippen LogP contribution is -2.60. The maximum absolute atomic E-state index is 6.17. The van der Waals surface area contributed by atoms with E-state index < -0.39 is 8.56 Å². The van der Waals surface area contributed by atoms with Crippen LogP contribution in [0, 0.1) is 0 Å². The van der Waals surface area contributed by atoms with Crippen LogP contribution < -0.4 is 5.19 Å². The van der Waals surface area contributed by atoms with Gasteiger partial charge in [-0.25, -0.2) is 0 Å². The number of hydrogen-bond acceptors (Lipinski definition) is 2. The molecule has 2 nitrogen and oxygen atoms in total. The second-order valence-electron chi connectivity index (χ2n) is 5.33. The molecule has 17 heavy (non-hydrogen) atoms. The maximum Gasteiger partial charge on any atom is 0.378 e. The van der Waals surface area contributed by atoms with Crippen LogP contribution >= 0.6 is 0 Å². The van der Waals surface area contributed by atoms with Crippen LogP contribution in [0.25, 0.3) is 0 Å². The predicted octanol–water partition coefficient (Wildman–Crippen LogP) is 2.74.